The van der Waals surface area contributed by atoms with Gasteiger partial charge in [0, 0.05) is 0 Å². The van der Waals surface area contributed by atoms with Gasteiger partial charge in [-0.3, -0.25) is 14.2 Å². The maximum Gasteiger partial charge on any atom is 0.398 e. The lowest BCUT2D eigenvalue weighted by Gasteiger charge is -2.25. The molecule has 0 fully saturated rings. The van der Waals surface area contributed by atoms with Crippen molar-refractivity contribution >= 4 is 31.1 Å². The third-order valence-corrected chi connectivity index (χ3v) is 5.81. The molecule has 0 aromatic carbocycles. The number of carbonyl (C=O) groups excluding carboxylic acids is 2. The first-order valence-corrected chi connectivity index (χ1v) is 12.6. The van der Waals surface area contributed by atoms with Gasteiger partial charge in [-0.2, -0.15) is 0 Å². The van der Waals surface area contributed by atoms with E-state index in [0.29, 0.717) is 0 Å². The van der Waals surface area contributed by atoms with Crippen molar-refractivity contribution in [3.63, 3.8) is 0 Å². The molecule has 0 heterocycles. The molecule has 3 atom stereocenters. The van der Waals surface area contributed by atoms with Crippen LogP contribution in [0, 0.1) is 23.7 Å². The maximum absolute atomic E-state index is 13.5. The molecule has 0 aromatic rings. The van der Waals surface area contributed by atoms with E-state index in [2.05, 4.69) is 0 Å². The quantitative estimate of drug-likeness (QED) is 0.0962. The molecule has 0 aromatic heterocycles. The van der Waals surface area contributed by atoms with Gasteiger partial charge in [0.25, 0.3) is 0 Å². The molecule has 0 amide bonds. The molecule has 184 valence electrons. The van der Waals surface area contributed by atoms with Gasteiger partial charge in [0.05, 0.1) is 26.2 Å². The highest BCUT2D eigenvalue weighted by atomic mass is 35.5. The van der Waals surface area contributed by atoms with Crippen molar-refractivity contribution in [3.8, 4) is 0 Å². The second-order valence-electron chi connectivity index (χ2n) is 8.88. The van der Waals surface area contributed by atoms with Crippen LogP contribution in [0.1, 0.15) is 61.8 Å². The fraction of sp³-hybridized carbons (Fsp3) is 0.900. The summed E-state index contributed by atoms with van der Waals surface area (Å²) in [5, 5.41) is 0. The van der Waals surface area contributed by atoms with Crippen LogP contribution in [0.15, 0.2) is 0 Å². The molecule has 0 rings (SSSR count). The molecule has 0 aliphatic rings. The topological polar surface area (TPSA) is 107 Å². The van der Waals surface area contributed by atoms with E-state index in [1.165, 1.54) is 0 Å². The van der Waals surface area contributed by atoms with E-state index in [1.54, 1.807) is 13.8 Å². The smallest absolute Gasteiger partial charge is 0.398 e. The molecule has 31 heavy (non-hydrogen) atoms. The Bertz CT molecular complexity index is 581. The summed E-state index contributed by atoms with van der Waals surface area (Å²) in [5.74, 6) is -1.79. The van der Waals surface area contributed by atoms with Crippen LogP contribution in [-0.2, 0) is 42.8 Å². The molecule has 3 unspecified atom stereocenters. The van der Waals surface area contributed by atoms with E-state index < -0.39 is 37.2 Å². The number of hydrogen-bond acceptors (Lipinski definition) is 9. The molecule has 0 aliphatic carbocycles. The van der Waals surface area contributed by atoms with Crippen LogP contribution in [0.5, 0.6) is 0 Å². The summed E-state index contributed by atoms with van der Waals surface area (Å²) < 4.78 is 33.9. The maximum atomic E-state index is 13.5. The van der Waals surface area contributed by atoms with E-state index in [9.17, 15) is 14.2 Å². The summed E-state index contributed by atoms with van der Waals surface area (Å²) in [4.78, 5) is 35.1. The first-order valence-electron chi connectivity index (χ1n) is 10.5. The number of hydrogen-bond donors (Lipinski definition) is 0. The summed E-state index contributed by atoms with van der Waals surface area (Å²) >= 11 is 6.01. The monoisotopic (exact) mass is 488 g/mol. The molecule has 11 heteroatoms. The summed E-state index contributed by atoms with van der Waals surface area (Å²) in [7, 11) is -4.50. The van der Waals surface area contributed by atoms with Gasteiger partial charge in [-0.1, -0.05) is 67.0 Å². The fourth-order valence-corrected chi connectivity index (χ4v) is 3.16. The Balaban J connectivity index is 5.69. The Kier molecular flexibility index (Phi) is 14.9. The second kappa shape index (κ2) is 15.2. The number of carbonyl (C=O) groups is 2. The van der Waals surface area contributed by atoms with E-state index in [0.717, 1.165) is 0 Å². The SMILES string of the molecule is CC(C)COOP(=O)(OOC(Cl)C(C)C)C(CC(=O)OCC(C)C)C(=O)OCC(C)C. The van der Waals surface area contributed by atoms with Crippen LogP contribution < -0.4 is 0 Å². The minimum atomic E-state index is -4.50. The average Bonchev–Trinajstić information content (AvgIpc) is 2.66. The summed E-state index contributed by atoms with van der Waals surface area (Å²) in [6, 6.07) is 0. The Labute approximate surface area is 190 Å². The number of ether oxygens (including phenoxy) is 2. The third kappa shape index (κ3) is 13.4. The lowest BCUT2D eigenvalue weighted by molar-refractivity contribution is -0.281. The largest absolute Gasteiger partial charge is 0.465 e. The zero-order valence-corrected chi connectivity index (χ0v) is 21.4. The van der Waals surface area contributed by atoms with Gasteiger partial charge in [0.1, 0.15) is 0 Å². The van der Waals surface area contributed by atoms with Crippen LogP contribution >= 0.6 is 19.2 Å². The Morgan fingerprint density at radius 3 is 1.81 bits per heavy atom. The minimum absolute atomic E-state index is 0.0142. The van der Waals surface area contributed by atoms with E-state index in [1.807, 2.05) is 41.5 Å². The number of halogens is 1. The Morgan fingerprint density at radius 2 is 1.32 bits per heavy atom. The second-order valence-corrected chi connectivity index (χ2v) is 11.3. The van der Waals surface area contributed by atoms with Crippen LogP contribution in [0.4, 0.5) is 0 Å². The molecule has 0 spiro atoms. The summed E-state index contributed by atoms with van der Waals surface area (Å²) in [6.45, 7) is 14.8. The van der Waals surface area contributed by atoms with Gasteiger partial charge in [-0.05, 0) is 23.7 Å². The summed E-state index contributed by atoms with van der Waals surface area (Å²) in [6.07, 6.45) is -0.607. The van der Waals surface area contributed by atoms with E-state index in [-0.39, 0.29) is 43.5 Å². The number of esters is 2. The molecule has 0 N–H and O–H groups in total. The Hall–Kier alpha value is -0.700. The predicted octanol–water partition coefficient (Wildman–Crippen LogP) is 5.11. The van der Waals surface area contributed by atoms with Gasteiger partial charge in [-0.15, -0.1) is 9.35 Å². The molecule has 0 saturated carbocycles. The van der Waals surface area contributed by atoms with Crippen LogP contribution in [-0.4, -0.2) is 43.0 Å². The zero-order valence-electron chi connectivity index (χ0n) is 19.8. The Morgan fingerprint density at radius 1 is 0.806 bits per heavy atom. The van der Waals surface area contributed by atoms with Gasteiger partial charge in [0.2, 0.25) is 0 Å². The third-order valence-electron chi connectivity index (χ3n) is 3.47. The first kappa shape index (κ1) is 30.3. The van der Waals surface area contributed by atoms with Gasteiger partial charge < -0.3 is 9.47 Å². The van der Waals surface area contributed by atoms with Crippen LogP contribution in [0.3, 0.4) is 0 Å². The van der Waals surface area contributed by atoms with Crippen molar-refractivity contribution < 1.29 is 42.8 Å². The molecule has 0 bridgehead atoms. The van der Waals surface area contributed by atoms with Crippen LogP contribution in [0.25, 0.3) is 0 Å². The zero-order chi connectivity index (χ0) is 24.2. The summed E-state index contributed by atoms with van der Waals surface area (Å²) in [5.41, 5.74) is -2.64. The number of alkyl halides is 1. The molecular weight excluding hydrogens is 451 g/mol. The van der Waals surface area contributed by atoms with Crippen molar-refractivity contribution in [1.82, 2.24) is 0 Å². The molecule has 0 aliphatic heterocycles. The van der Waals surface area contributed by atoms with Gasteiger partial charge in [0.15, 0.2) is 11.2 Å². The molecule has 9 nitrogen and oxygen atoms in total. The highest BCUT2D eigenvalue weighted by Crippen LogP contribution is 2.56. The highest BCUT2D eigenvalue weighted by Gasteiger charge is 2.48. The minimum Gasteiger partial charge on any atom is -0.465 e. The molecule has 0 saturated heterocycles. The molecule has 0 radical (unpaired) electrons. The van der Waals surface area contributed by atoms with Crippen molar-refractivity contribution in [2.45, 2.75) is 73.0 Å². The average molecular weight is 489 g/mol. The lowest BCUT2D eigenvalue weighted by atomic mass is 10.2. The van der Waals surface area contributed by atoms with Gasteiger partial charge >= 0.3 is 19.5 Å². The predicted molar refractivity (Wildman–Crippen MR) is 116 cm³/mol. The lowest BCUT2D eigenvalue weighted by Crippen LogP contribution is -2.31. The normalized spacial score (nSPS) is 15.9. The standard InChI is InChI=1S/C20H38ClO9P/c1-13(2)10-25-18(22)9-17(20(23)26-11-14(3)4)31(24,29-27-12-15(5)6)30-28-19(21)16(7)8/h13-17,19H,9-12H2,1-8H3. The molecular formula is C20H38ClO9P. The van der Waals surface area contributed by atoms with Gasteiger partial charge in [-0.25, -0.2) is 9.78 Å². The van der Waals surface area contributed by atoms with Crippen molar-refractivity contribution in [3.05, 3.63) is 0 Å². The van der Waals surface area contributed by atoms with Crippen molar-refractivity contribution in [1.29, 1.82) is 0 Å². The van der Waals surface area contributed by atoms with E-state index >= 15 is 0 Å². The highest BCUT2D eigenvalue weighted by molar-refractivity contribution is 7.55. The first-order chi connectivity index (χ1) is 14.3. The number of rotatable bonds is 16. The van der Waals surface area contributed by atoms with Crippen molar-refractivity contribution in [2.75, 3.05) is 19.8 Å². The van der Waals surface area contributed by atoms with Crippen molar-refractivity contribution in [2.24, 2.45) is 23.7 Å². The van der Waals surface area contributed by atoms with E-state index in [4.69, 9.17) is 40.2 Å². The van der Waals surface area contributed by atoms with Crippen LogP contribution in [0.2, 0.25) is 0 Å². The fourth-order valence-electron chi connectivity index (χ4n) is 1.71.